The second-order valence-electron chi connectivity index (χ2n) is 8.38. The van der Waals surface area contributed by atoms with Crippen molar-refractivity contribution in [3.05, 3.63) is 95.0 Å². The van der Waals surface area contributed by atoms with Crippen molar-refractivity contribution in [1.82, 2.24) is 19.9 Å². The Balaban J connectivity index is 1.39. The summed E-state index contributed by atoms with van der Waals surface area (Å²) in [4.78, 5) is 23.8. The summed E-state index contributed by atoms with van der Waals surface area (Å²) in [5.41, 5.74) is 4.94. The van der Waals surface area contributed by atoms with Gasteiger partial charge in [-0.3, -0.25) is 14.3 Å². The Morgan fingerprint density at radius 3 is 2.53 bits per heavy atom. The van der Waals surface area contributed by atoms with Gasteiger partial charge in [-0.15, -0.1) is 0 Å². The highest BCUT2D eigenvalue weighted by molar-refractivity contribution is 5.65. The highest BCUT2D eigenvalue weighted by atomic mass is 16.5. The van der Waals surface area contributed by atoms with Crippen LogP contribution in [0.5, 0.6) is 5.75 Å². The molecule has 3 heterocycles. The molecular formula is C27H27N5O2. The lowest BCUT2D eigenvalue weighted by molar-refractivity contribution is 0.415. The van der Waals surface area contributed by atoms with E-state index in [1.807, 2.05) is 30.3 Å². The lowest BCUT2D eigenvalue weighted by Gasteiger charge is -2.35. The summed E-state index contributed by atoms with van der Waals surface area (Å²) >= 11 is 0. The zero-order chi connectivity index (χ0) is 23.5. The van der Waals surface area contributed by atoms with Crippen LogP contribution in [0.15, 0.2) is 83.9 Å². The third-order valence-corrected chi connectivity index (χ3v) is 6.26. The fraction of sp³-hybridized carbons (Fsp3) is 0.222. The average molecular weight is 454 g/mol. The van der Waals surface area contributed by atoms with Gasteiger partial charge in [-0.1, -0.05) is 36.4 Å². The molecule has 172 valence electrons. The van der Waals surface area contributed by atoms with Crippen LogP contribution in [0.3, 0.4) is 0 Å². The minimum absolute atomic E-state index is 0.0745. The molecule has 0 saturated carbocycles. The van der Waals surface area contributed by atoms with Crippen molar-refractivity contribution < 1.29 is 4.74 Å². The van der Waals surface area contributed by atoms with Crippen LogP contribution < -0.4 is 20.5 Å². The van der Waals surface area contributed by atoms with Crippen molar-refractivity contribution in [2.45, 2.75) is 6.04 Å². The minimum Gasteiger partial charge on any atom is -0.497 e. The van der Waals surface area contributed by atoms with Crippen LogP contribution in [0.25, 0.3) is 22.4 Å². The SMILES string of the molecule is COc1cccc(-c2ccc(C3CN(c4nc(-c5ccncc5)cc(=O)n4C)CCN3)cc2)c1. The fourth-order valence-corrected chi connectivity index (χ4v) is 4.35. The van der Waals surface area contributed by atoms with Gasteiger partial charge in [-0.25, -0.2) is 4.98 Å². The minimum atomic E-state index is -0.0745. The van der Waals surface area contributed by atoms with Gasteiger partial charge < -0.3 is 15.0 Å². The van der Waals surface area contributed by atoms with Gasteiger partial charge in [0.25, 0.3) is 5.56 Å². The molecule has 7 nitrogen and oxygen atoms in total. The number of nitrogens with one attached hydrogen (secondary N) is 1. The number of piperazine rings is 1. The zero-order valence-corrected chi connectivity index (χ0v) is 19.3. The molecule has 1 aliphatic heterocycles. The van der Waals surface area contributed by atoms with E-state index < -0.39 is 0 Å². The van der Waals surface area contributed by atoms with E-state index in [0.717, 1.165) is 42.1 Å². The largest absolute Gasteiger partial charge is 0.497 e. The lowest BCUT2D eigenvalue weighted by atomic mass is 9.99. The van der Waals surface area contributed by atoms with Crippen LogP contribution in [-0.4, -0.2) is 41.3 Å². The lowest BCUT2D eigenvalue weighted by Crippen LogP contribution is -2.47. The van der Waals surface area contributed by atoms with E-state index in [1.165, 1.54) is 5.56 Å². The van der Waals surface area contributed by atoms with Gasteiger partial charge in [0, 0.05) is 56.7 Å². The second kappa shape index (κ2) is 9.49. The first-order valence-electron chi connectivity index (χ1n) is 11.3. The molecule has 0 aliphatic carbocycles. The molecular weight excluding hydrogens is 426 g/mol. The van der Waals surface area contributed by atoms with Crippen molar-refractivity contribution in [2.24, 2.45) is 7.05 Å². The number of hydrogen-bond donors (Lipinski definition) is 1. The van der Waals surface area contributed by atoms with Crippen LogP contribution in [0, 0.1) is 0 Å². The number of benzene rings is 2. The monoisotopic (exact) mass is 453 g/mol. The van der Waals surface area contributed by atoms with E-state index >= 15 is 0 Å². The van der Waals surface area contributed by atoms with Crippen molar-refractivity contribution in [2.75, 3.05) is 31.6 Å². The fourth-order valence-electron chi connectivity index (χ4n) is 4.35. The molecule has 2 aromatic heterocycles. The van der Waals surface area contributed by atoms with Crippen LogP contribution in [-0.2, 0) is 7.05 Å². The first-order valence-corrected chi connectivity index (χ1v) is 11.3. The van der Waals surface area contributed by atoms with Crippen molar-refractivity contribution in [3.8, 4) is 28.1 Å². The number of rotatable bonds is 5. The van der Waals surface area contributed by atoms with Crippen molar-refractivity contribution in [3.63, 3.8) is 0 Å². The molecule has 5 rings (SSSR count). The van der Waals surface area contributed by atoms with Crippen LogP contribution in [0.4, 0.5) is 5.95 Å². The highest BCUT2D eigenvalue weighted by Crippen LogP contribution is 2.27. The molecule has 1 atom stereocenters. The maximum Gasteiger partial charge on any atom is 0.255 e. The summed E-state index contributed by atoms with van der Waals surface area (Å²) < 4.78 is 6.98. The van der Waals surface area contributed by atoms with Crippen molar-refractivity contribution in [1.29, 1.82) is 0 Å². The first-order chi connectivity index (χ1) is 16.6. The molecule has 1 unspecified atom stereocenters. The molecule has 1 N–H and O–H groups in total. The molecule has 1 aliphatic rings. The Labute approximate surface area is 198 Å². The Hall–Kier alpha value is -3.97. The Morgan fingerprint density at radius 2 is 1.76 bits per heavy atom. The topological polar surface area (TPSA) is 72.3 Å². The number of aromatic nitrogens is 3. The summed E-state index contributed by atoms with van der Waals surface area (Å²) in [6.45, 7) is 2.30. The smallest absolute Gasteiger partial charge is 0.255 e. The molecule has 0 spiro atoms. The van der Waals surface area contributed by atoms with Crippen molar-refractivity contribution >= 4 is 5.95 Å². The zero-order valence-electron chi connectivity index (χ0n) is 19.3. The van der Waals surface area contributed by atoms with Crippen LogP contribution in [0.2, 0.25) is 0 Å². The van der Waals surface area contributed by atoms with E-state index in [0.29, 0.717) is 11.6 Å². The molecule has 0 amide bonds. The van der Waals surface area contributed by atoms with Gasteiger partial charge in [-0.05, 0) is 41.0 Å². The summed E-state index contributed by atoms with van der Waals surface area (Å²) in [5.74, 6) is 1.53. The van der Waals surface area contributed by atoms with Gasteiger partial charge >= 0.3 is 0 Å². The molecule has 0 radical (unpaired) electrons. The number of pyridine rings is 1. The van der Waals surface area contributed by atoms with Gasteiger partial charge in [0.2, 0.25) is 5.95 Å². The number of nitrogens with zero attached hydrogens (tertiary/aromatic N) is 4. The van der Waals surface area contributed by atoms with E-state index in [2.05, 4.69) is 45.5 Å². The van der Waals surface area contributed by atoms with Gasteiger partial charge in [0.15, 0.2) is 0 Å². The highest BCUT2D eigenvalue weighted by Gasteiger charge is 2.24. The predicted octanol–water partition coefficient (Wildman–Crippen LogP) is 3.67. The summed E-state index contributed by atoms with van der Waals surface area (Å²) in [7, 11) is 3.46. The Bertz CT molecular complexity index is 1340. The third-order valence-electron chi connectivity index (χ3n) is 6.26. The second-order valence-corrected chi connectivity index (χ2v) is 8.38. The molecule has 1 fully saturated rings. The van der Waals surface area contributed by atoms with Crippen LogP contribution in [0.1, 0.15) is 11.6 Å². The number of hydrogen-bond acceptors (Lipinski definition) is 6. The number of methoxy groups -OCH3 is 1. The molecule has 34 heavy (non-hydrogen) atoms. The molecule has 1 saturated heterocycles. The Kier molecular flexibility index (Phi) is 6.10. The summed E-state index contributed by atoms with van der Waals surface area (Å²) in [6, 6.07) is 22.1. The number of ether oxygens (including phenoxy) is 1. The molecule has 0 bridgehead atoms. The normalized spacial score (nSPS) is 15.8. The van der Waals surface area contributed by atoms with E-state index in [1.54, 1.807) is 37.2 Å². The molecule has 4 aromatic rings. The summed E-state index contributed by atoms with van der Waals surface area (Å²) in [6.07, 6.45) is 3.42. The predicted molar refractivity (Wildman–Crippen MR) is 134 cm³/mol. The number of anilines is 1. The molecule has 7 heteroatoms. The Morgan fingerprint density at radius 1 is 0.971 bits per heavy atom. The van der Waals surface area contributed by atoms with Gasteiger partial charge in [-0.2, -0.15) is 0 Å². The average Bonchev–Trinajstić information content (AvgIpc) is 2.91. The quantitative estimate of drug-likeness (QED) is 0.497. The maximum atomic E-state index is 12.7. The van der Waals surface area contributed by atoms with E-state index in [9.17, 15) is 4.79 Å². The van der Waals surface area contributed by atoms with E-state index in [-0.39, 0.29) is 11.6 Å². The molecule has 2 aromatic carbocycles. The first kappa shape index (κ1) is 21.9. The van der Waals surface area contributed by atoms with Gasteiger partial charge in [0.05, 0.1) is 12.8 Å². The maximum absolute atomic E-state index is 12.7. The van der Waals surface area contributed by atoms with Crippen LogP contribution >= 0.6 is 0 Å². The van der Waals surface area contributed by atoms with Gasteiger partial charge in [0.1, 0.15) is 5.75 Å². The standard InChI is InChI=1S/C27H27N5O2/c1-31-26(33)17-24(21-10-12-28-13-11-21)30-27(31)32-15-14-29-25(18-32)20-8-6-19(7-9-20)22-4-3-5-23(16-22)34-2/h3-13,16-17,25,29H,14-15,18H2,1-2H3. The summed E-state index contributed by atoms with van der Waals surface area (Å²) in [5, 5.41) is 3.61. The van der Waals surface area contributed by atoms with E-state index in [4.69, 9.17) is 9.72 Å². The third kappa shape index (κ3) is 4.43.